The number of pyridine rings is 1. The Labute approximate surface area is 183 Å². The smallest absolute Gasteiger partial charge is 0.416 e. The van der Waals surface area contributed by atoms with E-state index >= 15 is 0 Å². The van der Waals surface area contributed by atoms with Crippen molar-refractivity contribution in [3.05, 3.63) is 47.7 Å². The lowest BCUT2D eigenvalue weighted by atomic mass is 10.0. The number of alkyl halides is 3. The Hall–Kier alpha value is -2.82. The van der Waals surface area contributed by atoms with Crippen LogP contribution in [0.3, 0.4) is 0 Å². The number of nitrogens with zero attached hydrogens (tertiary/aromatic N) is 3. The van der Waals surface area contributed by atoms with E-state index in [0.717, 1.165) is 47.8 Å². The first-order chi connectivity index (χ1) is 15.1. The Balaban J connectivity index is 1.68. The molecule has 2 aliphatic heterocycles. The average Bonchev–Trinajstić information content (AvgIpc) is 2.77. The second-order valence-corrected chi connectivity index (χ2v) is 9.70. The van der Waals surface area contributed by atoms with E-state index in [-0.39, 0.29) is 47.1 Å². The number of amides is 1. The van der Waals surface area contributed by atoms with E-state index in [1.807, 2.05) is 6.92 Å². The number of piperidine rings is 1. The van der Waals surface area contributed by atoms with Crippen LogP contribution in [-0.2, 0) is 16.2 Å². The first kappa shape index (κ1) is 22.4. The van der Waals surface area contributed by atoms with Gasteiger partial charge in [0.2, 0.25) is 5.88 Å². The standard InChI is InChI=1S/C21H22F3N3O4S/c1-14-4-2-3-9-26(14)20(28)15-12-18-19(25-13-15)31-11-10-27(18)32(29,30)17-7-5-16(6-8-17)21(22,23)24/h5-8,12-14H,2-4,9-11H2,1H3. The van der Waals surface area contributed by atoms with Crippen LogP contribution >= 0.6 is 0 Å². The maximum Gasteiger partial charge on any atom is 0.416 e. The van der Waals surface area contributed by atoms with Gasteiger partial charge < -0.3 is 9.64 Å². The van der Waals surface area contributed by atoms with E-state index in [1.165, 1.54) is 12.3 Å². The van der Waals surface area contributed by atoms with Crippen LogP contribution in [0.15, 0.2) is 41.4 Å². The van der Waals surface area contributed by atoms with E-state index in [4.69, 9.17) is 4.74 Å². The Morgan fingerprint density at radius 2 is 1.88 bits per heavy atom. The molecule has 0 aliphatic carbocycles. The van der Waals surface area contributed by atoms with Crippen LogP contribution in [0.5, 0.6) is 5.88 Å². The maximum atomic E-state index is 13.2. The molecular weight excluding hydrogens is 447 g/mol. The molecule has 0 bridgehead atoms. The molecule has 1 aromatic carbocycles. The topological polar surface area (TPSA) is 79.8 Å². The molecular formula is C21H22F3N3O4S. The van der Waals surface area contributed by atoms with Gasteiger partial charge in [-0.1, -0.05) is 0 Å². The summed E-state index contributed by atoms with van der Waals surface area (Å²) in [4.78, 5) is 18.6. The first-order valence-corrected chi connectivity index (χ1v) is 11.7. The summed E-state index contributed by atoms with van der Waals surface area (Å²) in [5.41, 5.74) is -0.619. The molecule has 1 amide bonds. The van der Waals surface area contributed by atoms with Crippen LogP contribution in [0.25, 0.3) is 0 Å². The summed E-state index contributed by atoms with van der Waals surface area (Å²) in [6.45, 7) is 2.54. The molecule has 4 rings (SSSR count). The molecule has 3 heterocycles. The predicted octanol–water partition coefficient (Wildman–Crippen LogP) is 3.70. The number of fused-ring (bicyclic) bond motifs is 1. The second kappa shape index (κ2) is 8.27. The largest absolute Gasteiger partial charge is 0.474 e. The lowest BCUT2D eigenvalue weighted by molar-refractivity contribution is -0.137. The summed E-state index contributed by atoms with van der Waals surface area (Å²) in [5, 5.41) is 0. The van der Waals surface area contributed by atoms with E-state index < -0.39 is 21.8 Å². The molecule has 0 radical (unpaired) electrons. The lowest BCUT2D eigenvalue weighted by Crippen LogP contribution is -2.42. The zero-order valence-corrected chi connectivity index (χ0v) is 18.1. The van der Waals surface area contributed by atoms with E-state index in [1.54, 1.807) is 4.90 Å². The number of rotatable bonds is 3. The van der Waals surface area contributed by atoms with Crippen molar-refractivity contribution in [1.82, 2.24) is 9.88 Å². The minimum Gasteiger partial charge on any atom is -0.474 e. The number of anilines is 1. The van der Waals surface area contributed by atoms with Crippen LogP contribution in [0.2, 0.25) is 0 Å². The Kier molecular flexibility index (Phi) is 5.78. The van der Waals surface area contributed by atoms with Crippen molar-refractivity contribution in [3.63, 3.8) is 0 Å². The molecule has 2 aromatic rings. The summed E-state index contributed by atoms with van der Waals surface area (Å²) >= 11 is 0. The van der Waals surface area contributed by atoms with E-state index in [2.05, 4.69) is 4.98 Å². The van der Waals surface area contributed by atoms with Crippen molar-refractivity contribution in [1.29, 1.82) is 0 Å². The molecule has 2 aliphatic rings. The number of carbonyl (C=O) groups is 1. The van der Waals surface area contributed by atoms with Crippen molar-refractivity contribution in [3.8, 4) is 5.88 Å². The molecule has 172 valence electrons. The molecule has 0 saturated carbocycles. The molecule has 1 atom stereocenters. The predicted molar refractivity (Wildman–Crippen MR) is 110 cm³/mol. The van der Waals surface area contributed by atoms with Gasteiger partial charge in [-0.3, -0.25) is 9.10 Å². The molecule has 7 nitrogen and oxygen atoms in total. The van der Waals surface area contributed by atoms with Crippen LogP contribution in [-0.4, -0.2) is 49.9 Å². The first-order valence-electron chi connectivity index (χ1n) is 10.2. The Bertz CT molecular complexity index is 1120. The highest BCUT2D eigenvalue weighted by atomic mass is 32.2. The van der Waals surface area contributed by atoms with E-state index in [9.17, 15) is 26.4 Å². The third-order valence-corrected chi connectivity index (χ3v) is 7.54. The number of ether oxygens (including phenoxy) is 1. The highest BCUT2D eigenvalue weighted by Gasteiger charge is 2.35. The fraction of sp³-hybridized carbons (Fsp3) is 0.429. The van der Waals surface area contributed by atoms with Crippen LogP contribution in [0.4, 0.5) is 18.9 Å². The van der Waals surface area contributed by atoms with Gasteiger partial charge in [0.25, 0.3) is 15.9 Å². The number of likely N-dealkylation sites (tertiary alicyclic amines) is 1. The van der Waals surface area contributed by atoms with Crippen LogP contribution in [0.1, 0.15) is 42.1 Å². The minimum absolute atomic E-state index is 0.0241. The molecule has 1 aromatic heterocycles. The molecule has 32 heavy (non-hydrogen) atoms. The van der Waals surface area contributed by atoms with Gasteiger partial charge >= 0.3 is 6.18 Å². The summed E-state index contributed by atoms with van der Waals surface area (Å²) < 4.78 is 71.5. The summed E-state index contributed by atoms with van der Waals surface area (Å²) in [7, 11) is -4.19. The van der Waals surface area contributed by atoms with Crippen molar-refractivity contribution in [2.75, 3.05) is 24.0 Å². The maximum absolute atomic E-state index is 13.2. The fourth-order valence-electron chi connectivity index (χ4n) is 3.95. The zero-order valence-electron chi connectivity index (χ0n) is 17.3. The van der Waals surface area contributed by atoms with Crippen molar-refractivity contribution in [2.24, 2.45) is 0 Å². The number of aromatic nitrogens is 1. The second-order valence-electron chi connectivity index (χ2n) is 7.84. The van der Waals surface area contributed by atoms with Crippen molar-refractivity contribution in [2.45, 2.75) is 43.3 Å². The summed E-state index contributed by atoms with van der Waals surface area (Å²) in [6.07, 6.45) is -0.386. The van der Waals surface area contributed by atoms with Gasteiger partial charge in [-0.05, 0) is 56.5 Å². The third-order valence-electron chi connectivity index (χ3n) is 5.71. The van der Waals surface area contributed by atoms with Gasteiger partial charge in [0.1, 0.15) is 12.3 Å². The fourth-order valence-corrected chi connectivity index (χ4v) is 5.39. The quantitative estimate of drug-likeness (QED) is 0.685. The van der Waals surface area contributed by atoms with Gasteiger partial charge in [-0.25, -0.2) is 13.4 Å². The van der Waals surface area contributed by atoms with Gasteiger partial charge in [0, 0.05) is 18.8 Å². The van der Waals surface area contributed by atoms with Crippen LogP contribution < -0.4 is 9.04 Å². The number of halogens is 3. The average molecular weight is 469 g/mol. The normalized spacial score (nSPS) is 19.3. The Morgan fingerprint density at radius 1 is 1.16 bits per heavy atom. The molecule has 11 heteroatoms. The number of sulfonamides is 1. The molecule has 0 spiro atoms. The lowest BCUT2D eigenvalue weighted by Gasteiger charge is -2.34. The van der Waals surface area contributed by atoms with Gasteiger partial charge in [0.05, 0.1) is 22.6 Å². The molecule has 0 N–H and O–H groups in total. The SMILES string of the molecule is CC1CCCCN1C(=O)c1cnc2c(c1)N(S(=O)(=O)c1ccc(C(F)(F)F)cc1)CCO2. The molecule has 1 fully saturated rings. The van der Waals surface area contributed by atoms with Crippen molar-refractivity contribution >= 4 is 21.6 Å². The van der Waals surface area contributed by atoms with Gasteiger partial charge in [-0.2, -0.15) is 13.2 Å². The van der Waals surface area contributed by atoms with E-state index in [0.29, 0.717) is 6.54 Å². The summed E-state index contributed by atoms with van der Waals surface area (Å²) in [5.74, 6) is -0.195. The third kappa shape index (κ3) is 4.13. The number of carbonyl (C=O) groups excluding carboxylic acids is 1. The van der Waals surface area contributed by atoms with Gasteiger partial charge in [-0.15, -0.1) is 0 Å². The Morgan fingerprint density at radius 3 is 2.53 bits per heavy atom. The highest BCUT2D eigenvalue weighted by molar-refractivity contribution is 7.92. The molecule has 1 saturated heterocycles. The number of hydrogen-bond acceptors (Lipinski definition) is 5. The highest BCUT2D eigenvalue weighted by Crippen LogP contribution is 2.36. The molecule has 1 unspecified atom stereocenters. The number of hydrogen-bond donors (Lipinski definition) is 0. The minimum atomic E-state index is -4.57. The summed E-state index contributed by atoms with van der Waals surface area (Å²) in [6, 6.07) is 4.78. The zero-order chi connectivity index (χ0) is 23.1. The van der Waals surface area contributed by atoms with Crippen molar-refractivity contribution < 1.29 is 31.1 Å². The monoisotopic (exact) mass is 469 g/mol. The van der Waals surface area contributed by atoms with Crippen LogP contribution in [0, 0.1) is 0 Å². The van der Waals surface area contributed by atoms with Gasteiger partial charge in [0.15, 0.2) is 0 Å². The number of benzene rings is 1.